The zero-order chi connectivity index (χ0) is 36.6. The number of benzene rings is 5. The van der Waals surface area contributed by atoms with Gasteiger partial charge in [-0.15, -0.1) is 0 Å². The Morgan fingerprint density at radius 3 is 0.820 bits per heavy atom. The van der Waals surface area contributed by atoms with Gasteiger partial charge in [-0.25, -0.2) is 0 Å². The van der Waals surface area contributed by atoms with Crippen LogP contribution in [0.2, 0.25) is 5.02 Å². The summed E-state index contributed by atoms with van der Waals surface area (Å²) in [5, 5.41) is 0.160. The molecule has 5 aromatic rings. The van der Waals surface area contributed by atoms with E-state index in [1.807, 2.05) is 0 Å². The maximum atomic E-state index is 14.9. The Labute approximate surface area is 306 Å². The molecule has 0 N–H and O–H groups in total. The van der Waals surface area contributed by atoms with Crippen molar-refractivity contribution in [2.24, 2.45) is 0 Å². The molecule has 0 saturated heterocycles. The Kier molecular flexibility index (Phi) is 11.0. The van der Waals surface area contributed by atoms with Gasteiger partial charge in [0, 0.05) is 0 Å². The van der Waals surface area contributed by atoms with Crippen molar-refractivity contribution in [1.29, 1.82) is 0 Å². The average molecular weight is 887 g/mol. The number of aryl methyl sites for hydroxylation is 4. The first-order valence-corrected chi connectivity index (χ1v) is 23.8. The fourth-order valence-electron chi connectivity index (χ4n) is 4.53. The molecule has 0 atom stereocenters. The van der Waals surface area contributed by atoms with Crippen LogP contribution in [-0.4, -0.2) is 37.5 Å². The van der Waals surface area contributed by atoms with Crippen LogP contribution in [0.1, 0.15) is 22.3 Å². The molecule has 0 aliphatic carbocycles. The van der Waals surface area contributed by atoms with E-state index < -0.39 is 80.0 Å². The molecule has 0 bridgehead atoms. The van der Waals surface area contributed by atoms with Crippen molar-refractivity contribution in [1.82, 2.24) is 3.85 Å². The molecule has 0 radical (unpaired) electrons. The topological polar surface area (TPSA) is 143 Å². The summed E-state index contributed by atoms with van der Waals surface area (Å²) in [6.45, 7) is 6.81. The maximum absolute atomic E-state index is 14.9. The standard InChI is InChI=1S/C34H32ClIN2O8S4/c1-25-5-17-31(18-6-25)47(39,40)37(48(41,42)32-19-7-26(2)8-20-32)36(30-15-13-29(35)14-16-30)38(49(43,44)33-21-9-27(3)10-22-33)50(45,46)34-23-11-28(4)12-24-34/h5-24H,1-4H3. The average Bonchev–Trinajstić information content (AvgIpc) is 3.05. The molecule has 10 nitrogen and oxygen atoms in total. The molecule has 0 heterocycles. The van der Waals surface area contributed by atoms with Crippen LogP contribution in [0.4, 0.5) is 0 Å². The van der Waals surface area contributed by atoms with Gasteiger partial charge in [0.15, 0.2) is 0 Å². The molecule has 5 aromatic carbocycles. The summed E-state index contributed by atoms with van der Waals surface area (Å²) in [5.41, 5.74) is 2.65. The van der Waals surface area contributed by atoms with Gasteiger partial charge in [-0.2, -0.15) is 0 Å². The van der Waals surface area contributed by atoms with E-state index in [0.717, 1.165) is 0 Å². The van der Waals surface area contributed by atoms with E-state index in [1.165, 1.54) is 121 Å². The van der Waals surface area contributed by atoms with Gasteiger partial charge in [-0.3, -0.25) is 0 Å². The quantitative estimate of drug-likeness (QED) is 0.0999. The summed E-state index contributed by atoms with van der Waals surface area (Å²) in [6.07, 6.45) is 0. The van der Waals surface area contributed by atoms with Crippen molar-refractivity contribution < 1.29 is 33.7 Å². The number of hydrogen-bond donors (Lipinski definition) is 0. The Hall–Kier alpha value is -3.16. The van der Waals surface area contributed by atoms with Gasteiger partial charge >= 0.3 is 309 Å². The number of hydrogen-bond acceptors (Lipinski definition) is 8. The molecule has 264 valence electrons. The second kappa shape index (κ2) is 14.5. The van der Waals surface area contributed by atoms with E-state index >= 15 is 0 Å². The molecule has 0 aliphatic heterocycles. The SMILES string of the molecule is Cc1ccc(S(=O)(=O)N(I(c2ccc(Cl)cc2)N(S(=O)(=O)c2ccc(C)cc2)S(=O)(=O)c2ccc(C)cc2)S(=O)(=O)c2ccc(C)cc2)cc1. The van der Waals surface area contributed by atoms with Crippen LogP contribution in [-0.2, 0) is 40.1 Å². The number of rotatable bonds is 11. The summed E-state index contributed by atoms with van der Waals surface area (Å²) < 4.78 is 119. The molecule has 5 rings (SSSR count). The van der Waals surface area contributed by atoms with Crippen molar-refractivity contribution in [3.63, 3.8) is 0 Å². The Balaban J connectivity index is 1.97. The predicted molar refractivity (Wildman–Crippen MR) is 201 cm³/mol. The predicted octanol–water partition coefficient (Wildman–Crippen LogP) is 7.24. The Morgan fingerprint density at radius 1 is 0.380 bits per heavy atom. The summed E-state index contributed by atoms with van der Waals surface area (Å²) in [6, 6.07) is 26.2. The third-order valence-corrected chi connectivity index (χ3v) is 27.9. The van der Waals surface area contributed by atoms with Gasteiger partial charge in [0.1, 0.15) is 0 Å². The first-order chi connectivity index (χ1) is 23.4. The molecule has 16 heteroatoms. The number of nitrogens with zero attached hydrogens (tertiary/aromatic N) is 2. The zero-order valence-electron chi connectivity index (χ0n) is 27.1. The number of halogens is 2. The summed E-state index contributed by atoms with van der Waals surface area (Å²) in [4.78, 5) is -1.96. The van der Waals surface area contributed by atoms with Gasteiger partial charge in [0.2, 0.25) is 0 Å². The van der Waals surface area contributed by atoms with E-state index in [4.69, 9.17) is 11.6 Å². The molecule has 0 aromatic heterocycles. The minimum atomic E-state index is -5.22. The summed E-state index contributed by atoms with van der Waals surface area (Å²) in [5.74, 6) is 0. The summed E-state index contributed by atoms with van der Waals surface area (Å²) in [7, 11) is -20.9. The van der Waals surface area contributed by atoms with Crippen LogP contribution in [0.25, 0.3) is 0 Å². The molecule has 0 fully saturated rings. The van der Waals surface area contributed by atoms with Crippen LogP contribution < -0.4 is 0 Å². The third-order valence-electron chi connectivity index (χ3n) is 7.29. The monoisotopic (exact) mass is 886 g/mol. The number of sulfonamides is 4. The van der Waals surface area contributed by atoms with Crippen molar-refractivity contribution in [3.8, 4) is 0 Å². The van der Waals surface area contributed by atoms with E-state index in [2.05, 4.69) is 0 Å². The summed E-state index contributed by atoms with van der Waals surface area (Å²) >= 11 is 1.09. The Morgan fingerprint density at radius 2 is 0.600 bits per heavy atom. The third kappa shape index (κ3) is 7.55. The van der Waals surface area contributed by atoms with Crippen LogP contribution in [0.15, 0.2) is 141 Å². The fraction of sp³-hybridized carbons (Fsp3) is 0.118. The second-order valence-electron chi connectivity index (χ2n) is 11.3. The van der Waals surface area contributed by atoms with E-state index in [0.29, 0.717) is 22.3 Å². The van der Waals surface area contributed by atoms with Crippen LogP contribution in [0, 0.1) is 31.3 Å². The second-order valence-corrected chi connectivity index (χ2v) is 26.5. The van der Waals surface area contributed by atoms with Crippen molar-refractivity contribution >= 4 is 72.1 Å². The van der Waals surface area contributed by atoms with E-state index in [1.54, 1.807) is 27.7 Å². The molecule has 0 amide bonds. The molecule has 0 aliphatic rings. The van der Waals surface area contributed by atoms with E-state index in [-0.39, 0.29) is 12.4 Å². The molecular weight excluding hydrogens is 855 g/mol. The zero-order valence-corrected chi connectivity index (χ0v) is 33.3. The van der Waals surface area contributed by atoms with Gasteiger partial charge in [0.05, 0.1) is 0 Å². The first-order valence-electron chi connectivity index (χ1n) is 14.7. The van der Waals surface area contributed by atoms with E-state index in [9.17, 15) is 33.7 Å². The molecule has 50 heavy (non-hydrogen) atoms. The van der Waals surface area contributed by atoms with Gasteiger partial charge in [-0.05, 0) is 0 Å². The molecular formula is C34H32ClIN2O8S4. The van der Waals surface area contributed by atoms with Gasteiger partial charge in [0.25, 0.3) is 0 Å². The van der Waals surface area contributed by atoms with Crippen LogP contribution in [0.5, 0.6) is 0 Å². The Bertz CT molecular complexity index is 2160. The normalized spacial score (nSPS) is 13.1. The van der Waals surface area contributed by atoms with Crippen LogP contribution >= 0.6 is 32.0 Å². The minimum absolute atomic E-state index is 0.111. The molecule has 0 spiro atoms. The van der Waals surface area contributed by atoms with Crippen molar-refractivity contribution in [2.75, 3.05) is 0 Å². The van der Waals surface area contributed by atoms with Crippen molar-refractivity contribution in [2.45, 2.75) is 47.3 Å². The molecule has 0 saturated carbocycles. The first kappa shape index (κ1) is 38.1. The van der Waals surface area contributed by atoms with Crippen molar-refractivity contribution in [3.05, 3.63) is 152 Å². The van der Waals surface area contributed by atoms with Gasteiger partial charge in [-0.1, -0.05) is 0 Å². The molecule has 0 unspecified atom stereocenters. The fourth-order valence-corrected chi connectivity index (χ4v) is 26.7. The van der Waals surface area contributed by atoms with Crippen LogP contribution in [0.3, 0.4) is 0 Å². The van der Waals surface area contributed by atoms with Gasteiger partial charge < -0.3 is 0 Å².